The zero-order valence-electron chi connectivity index (χ0n) is 27.2. The Morgan fingerprint density at radius 3 is 1.40 bits per heavy atom. The number of aliphatic hydroxyl groups is 2. The van der Waals surface area contributed by atoms with Crippen LogP contribution in [0, 0.1) is 0 Å². The first-order valence-electron chi connectivity index (χ1n) is 15.6. The fourth-order valence-corrected chi connectivity index (χ4v) is 6.40. The van der Waals surface area contributed by atoms with Gasteiger partial charge in [0.15, 0.2) is 0 Å². The molecule has 2 aromatic carbocycles. The third-order valence-corrected chi connectivity index (χ3v) is 9.22. The van der Waals surface area contributed by atoms with Crippen LogP contribution in [0.4, 0.5) is 11.4 Å². The molecule has 0 bridgehead atoms. The summed E-state index contributed by atoms with van der Waals surface area (Å²) in [5.74, 6) is -1.56. The number of benzene rings is 2. The average Bonchev–Trinajstić information content (AvgIpc) is 3.08. The molecule has 0 spiro atoms. The molecule has 1 aliphatic rings. The first kappa shape index (κ1) is 38.9. The van der Waals surface area contributed by atoms with Crippen molar-refractivity contribution in [1.82, 2.24) is 9.80 Å². The van der Waals surface area contributed by atoms with Crippen LogP contribution in [-0.2, 0) is 9.59 Å². The minimum atomic E-state index is -0.733. The zero-order chi connectivity index (χ0) is 35.4. The van der Waals surface area contributed by atoms with Crippen molar-refractivity contribution < 1.29 is 39.6 Å². The summed E-state index contributed by atoms with van der Waals surface area (Å²) in [5.41, 5.74) is 11.9. The van der Waals surface area contributed by atoms with Crippen molar-refractivity contribution >= 4 is 58.3 Å². The fraction of sp³-hybridized carbons (Fsp3) is 0.500. The van der Waals surface area contributed by atoms with Gasteiger partial charge in [-0.1, -0.05) is 0 Å². The van der Waals surface area contributed by atoms with Gasteiger partial charge in [-0.2, -0.15) is 23.5 Å². The highest BCUT2D eigenvalue weighted by Crippen LogP contribution is 2.42. The van der Waals surface area contributed by atoms with E-state index in [4.69, 9.17) is 11.5 Å². The molecule has 264 valence electrons. The van der Waals surface area contributed by atoms with Crippen molar-refractivity contribution in [2.45, 2.75) is 24.9 Å². The number of carbonyl (C=O) groups excluding carboxylic acids is 4. The Hall–Kier alpha value is -3.54. The number of nitrogens with two attached hydrogens (primary N) is 2. The van der Waals surface area contributed by atoms with Crippen molar-refractivity contribution in [1.29, 1.82) is 0 Å². The number of thioether (sulfide) groups is 2. The number of phenols is 2. The maximum absolute atomic E-state index is 13.9. The second-order valence-corrected chi connectivity index (χ2v) is 13.1. The molecule has 2 atom stereocenters. The number of hydrogen-bond donors (Lipinski definition) is 8. The van der Waals surface area contributed by atoms with Gasteiger partial charge in [-0.3, -0.25) is 19.2 Å². The number of carbonyl (C=O) groups is 4. The predicted octanol–water partition coefficient (Wildman–Crippen LogP) is 0.500. The topological polar surface area (TPSA) is 232 Å². The first-order chi connectivity index (χ1) is 23.0. The van der Waals surface area contributed by atoms with Crippen LogP contribution >= 0.6 is 23.5 Å². The molecule has 0 unspecified atom stereocenters. The quantitative estimate of drug-likeness (QED) is 0.0748. The van der Waals surface area contributed by atoms with Crippen LogP contribution in [0.25, 0.3) is 0 Å². The Bertz CT molecular complexity index is 1360. The van der Waals surface area contributed by atoms with E-state index in [0.29, 0.717) is 24.3 Å². The lowest BCUT2D eigenvalue weighted by Crippen LogP contribution is -2.47. The normalized spacial score (nSPS) is 13.4. The summed E-state index contributed by atoms with van der Waals surface area (Å²) < 4.78 is 0. The number of nitrogens with zero attached hydrogens (tertiary/aromatic N) is 2. The zero-order valence-corrected chi connectivity index (χ0v) is 28.9. The van der Waals surface area contributed by atoms with E-state index in [0.717, 1.165) is 12.1 Å². The molecular formula is C32H46N6O8S2. The predicted molar refractivity (Wildman–Crippen MR) is 189 cm³/mol. The summed E-state index contributed by atoms with van der Waals surface area (Å²) in [6.07, 6.45) is 4.77. The van der Waals surface area contributed by atoms with Gasteiger partial charge in [0.05, 0.1) is 47.6 Å². The van der Waals surface area contributed by atoms with Gasteiger partial charge < -0.3 is 52.3 Å². The molecule has 14 nitrogen and oxygen atoms in total. The minimum Gasteiger partial charge on any atom is -0.507 e. The lowest BCUT2D eigenvalue weighted by Gasteiger charge is -2.28. The van der Waals surface area contributed by atoms with Crippen LogP contribution in [0.5, 0.6) is 11.5 Å². The number of rotatable bonds is 20. The smallest absolute Gasteiger partial charge is 0.239 e. The van der Waals surface area contributed by atoms with Crippen LogP contribution in [-0.4, -0.2) is 142 Å². The van der Waals surface area contributed by atoms with E-state index in [1.54, 1.807) is 35.7 Å². The number of aliphatic hydroxyl groups excluding tert-OH is 2. The number of amides is 2. The second-order valence-electron chi connectivity index (χ2n) is 11.2. The van der Waals surface area contributed by atoms with E-state index in [1.165, 1.54) is 9.80 Å². The molecule has 0 fully saturated rings. The first-order valence-corrected chi connectivity index (χ1v) is 18.4. The van der Waals surface area contributed by atoms with Gasteiger partial charge in [0.2, 0.25) is 23.4 Å². The number of fused-ring (bicyclic) bond motifs is 2. The number of nitrogens with one attached hydrogen (secondary N) is 2. The Morgan fingerprint density at radius 2 is 1.06 bits per heavy atom. The summed E-state index contributed by atoms with van der Waals surface area (Å²) in [4.78, 5) is 56.5. The molecule has 0 saturated heterocycles. The largest absolute Gasteiger partial charge is 0.507 e. The summed E-state index contributed by atoms with van der Waals surface area (Å²) in [6, 6.07) is 3.96. The van der Waals surface area contributed by atoms with Crippen LogP contribution < -0.4 is 22.1 Å². The molecule has 1 aliphatic carbocycles. The number of ketones is 2. The molecular weight excluding hydrogens is 661 g/mol. The van der Waals surface area contributed by atoms with Crippen LogP contribution in [0.1, 0.15) is 44.7 Å². The lowest BCUT2D eigenvalue weighted by atomic mass is 9.81. The molecule has 48 heavy (non-hydrogen) atoms. The number of anilines is 2. The summed E-state index contributed by atoms with van der Waals surface area (Å²) in [5, 5.41) is 46.5. The Kier molecular flexibility index (Phi) is 15.3. The number of hydrogen-bond acceptors (Lipinski definition) is 14. The van der Waals surface area contributed by atoms with Crippen molar-refractivity contribution in [3.05, 3.63) is 46.5 Å². The van der Waals surface area contributed by atoms with Crippen molar-refractivity contribution in [3.8, 4) is 11.5 Å². The third kappa shape index (κ3) is 9.33. The summed E-state index contributed by atoms with van der Waals surface area (Å²) in [7, 11) is 0. The maximum atomic E-state index is 13.9. The van der Waals surface area contributed by atoms with Crippen LogP contribution in [0.3, 0.4) is 0 Å². The van der Waals surface area contributed by atoms with Gasteiger partial charge >= 0.3 is 0 Å². The molecule has 0 aromatic heterocycles. The van der Waals surface area contributed by atoms with Crippen LogP contribution in [0.2, 0.25) is 0 Å². The fourth-order valence-electron chi connectivity index (χ4n) is 5.42. The van der Waals surface area contributed by atoms with Gasteiger partial charge in [-0.15, -0.1) is 0 Å². The molecule has 0 heterocycles. The molecule has 0 aliphatic heterocycles. The van der Waals surface area contributed by atoms with E-state index in [2.05, 4.69) is 10.6 Å². The molecule has 16 heteroatoms. The molecule has 10 N–H and O–H groups in total. The van der Waals surface area contributed by atoms with E-state index in [1.807, 2.05) is 12.5 Å². The van der Waals surface area contributed by atoms with Gasteiger partial charge in [-0.05, 0) is 61.1 Å². The van der Waals surface area contributed by atoms with E-state index >= 15 is 0 Å². The monoisotopic (exact) mass is 706 g/mol. The van der Waals surface area contributed by atoms with Gasteiger partial charge in [0.25, 0.3) is 0 Å². The van der Waals surface area contributed by atoms with E-state index < -0.39 is 35.1 Å². The standard InChI is InChI=1S/C32H46N6O8S2/c1-47-17-7-19(33)31(45)37(13-15-39)11-9-35-21-3-4-22(36-10-12-38(14-16-40)32(46)20(34)8-18-48-2)26-25(21)29(43)27-23(41)5-6-24(42)28(27)30(26)44/h3-6,19-20,35-36,39-42H,7-18,33-34H2,1-2H3/t19-,20-/m0/s1. The SMILES string of the molecule is CSCC[C@H](N)C(=O)N(CCO)CCNc1ccc(NCCN(CCO)C(=O)[C@@H](N)CCSC)c2c1C(=O)c1c(O)ccc(O)c1C2=O. The van der Waals surface area contributed by atoms with Gasteiger partial charge in [-0.25, -0.2) is 0 Å². The van der Waals surface area contributed by atoms with E-state index in [9.17, 15) is 39.6 Å². The summed E-state index contributed by atoms with van der Waals surface area (Å²) in [6.45, 7) is 0.128. The highest BCUT2D eigenvalue weighted by molar-refractivity contribution is 7.98. The molecule has 2 amide bonds. The lowest BCUT2D eigenvalue weighted by molar-refractivity contribution is -0.133. The molecule has 0 radical (unpaired) electrons. The molecule has 0 saturated carbocycles. The van der Waals surface area contributed by atoms with Crippen molar-refractivity contribution in [2.24, 2.45) is 11.5 Å². The molecule has 3 rings (SSSR count). The van der Waals surface area contributed by atoms with Gasteiger partial charge in [0, 0.05) is 50.6 Å². The second kappa shape index (κ2) is 18.9. The Labute approximate surface area is 288 Å². The Morgan fingerprint density at radius 1 is 0.688 bits per heavy atom. The number of phenolic OH excluding ortho intramolecular Hbond substituents is 2. The van der Waals surface area contributed by atoms with Crippen molar-refractivity contribution in [2.75, 3.05) is 87.1 Å². The van der Waals surface area contributed by atoms with Crippen molar-refractivity contribution in [3.63, 3.8) is 0 Å². The maximum Gasteiger partial charge on any atom is 0.239 e. The third-order valence-electron chi connectivity index (χ3n) is 7.93. The number of aromatic hydroxyl groups is 2. The minimum absolute atomic E-state index is 0.0440. The highest BCUT2D eigenvalue weighted by Gasteiger charge is 2.38. The van der Waals surface area contributed by atoms with E-state index in [-0.39, 0.29) is 97.9 Å². The Balaban J connectivity index is 1.90. The highest BCUT2D eigenvalue weighted by atomic mass is 32.2. The molecule has 2 aromatic rings. The van der Waals surface area contributed by atoms with Gasteiger partial charge in [0.1, 0.15) is 11.5 Å². The van der Waals surface area contributed by atoms with Crippen LogP contribution in [0.15, 0.2) is 24.3 Å². The average molecular weight is 707 g/mol. The summed E-state index contributed by atoms with van der Waals surface area (Å²) >= 11 is 3.14.